The molecule has 2 atom stereocenters. The Kier molecular flexibility index (Phi) is 9.51. The van der Waals surface area contributed by atoms with Crippen LogP contribution in [0.25, 0.3) is 17.1 Å². The number of imidazole rings is 1. The van der Waals surface area contributed by atoms with Gasteiger partial charge in [-0.05, 0) is 49.1 Å². The topological polar surface area (TPSA) is 130 Å². The fourth-order valence-electron chi connectivity index (χ4n) is 5.55. The highest BCUT2D eigenvalue weighted by atomic mass is 35.5. The summed E-state index contributed by atoms with van der Waals surface area (Å²) >= 11 is 5.93. The molecule has 4 heterocycles. The van der Waals surface area contributed by atoms with E-state index in [0.717, 1.165) is 6.04 Å². The van der Waals surface area contributed by atoms with E-state index in [2.05, 4.69) is 29.6 Å². The number of amides is 1. The molecule has 45 heavy (non-hydrogen) atoms. The molecule has 2 aliphatic rings. The van der Waals surface area contributed by atoms with Gasteiger partial charge in [0.15, 0.2) is 24.1 Å². The average molecular weight is 658 g/mol. The monoisotopic (exact) mass is 657 g/mol. The molecule has 2 aromatic heterocycles. The Balaban J connectivity index is 1.23. The number of nitrogens with two attached hydrogens (primary N) is 1. The largest absolute Gasteiger partial charge is 0.456 e. The zero-order valence-electron chi connectivity index (χ0n) is 25.2. The number of hydrogen-bond donors (Lipinski definition) is 1. The first kappa shape index (κ1) is 32.5. The molecule has 0 bridgehead atoms. The van der Waals surface area contributed by atoms with Gasteiger partial charge in [-0.3, -0.25) is 9.59 Å². The Morgan fingerprint density at radius 2 is 1.89 bits per heavy atom. The highest BCUT2D eigenvalue weighted by Gasteiger charge is 2.44. The molecule has 0 radical (unpaired) electrons. The molecule has 3 aromatic rings. The number of halogens is 3. The van der Waals surface area contributed by atoms with Gasteiger partial charge in [0, 0.05) is 56.6 Å². The Labute approximate surface area is 265 Å². The fourth-order valence-corrected chi connectivity index (χ4v) is 6.46. The fraction of sp³-hybridized carbons (Fsp3) is 0.387. The van der Waals surface area contributed by atoms with E-state index in [4.69, 9.17) is 26.8 Å². The number of hydrogen-bond acceptors (Lipinski definition) is 8. The van der Waals surface area contributed by atoms with E-state index in [1.54, 1.807) is 10.8 Å². The van der Waals surface area contributed by atoms with Gasteiger partial charge in [-0.1, -0.05) is 31.2 Å². The number of pyridine rings is 1. The maximum atomic E-state index is 15.6. The molecular formula is C31H34ClF2N5O5Si. The van der Waals surface area contributed by atoms with Crippen molar-refractivity contribution in [1.29, 1.82) is 0 Å². The summed E-state index contributed by atoms with van der Waals surface area (Å²) < 4.78 is 43.0. The van der Waals surface area contributed by atoms with E-state index in [0.29, 0.717) is 18.6 Å². The van der Waals surface area contributed by atoms with Crippen molar-refractivity contribution in [3.8, 4) is 11.5 Å². The number of aromatic nitrogens is 3. The van der Waals surface area contributed by atoms with E-state index in [1.807, 2.05) is 0 Å². The lowest BCUT2D eigenvalue weighted by Crippen LogP contribution is -2.47. The molecule has 5 rings (SSSR count). The molecule has 1 aromatic carbocycles. The van der Waals surface area contributed by atoms with E-state index >= 15 is 4.39 Å². The molecule has 1 unspecified atom stereocenters. The van der Waals surface area contributed by atoms with Crippen LogP contribution in [-0.4, -0.2) is 70.5 Å². The summed E-state index contributed by atoms with van der Waals surface area (Å²) in [4.78, 5) is 48.8. The van der Waals surface area contributed by atoms with Crippen molar-refractivity contribution in [3.63, 3.8) is 0 Å². The van der Waals surface area contributed by atoms with Crippen molar-refractivity contribution >= 4 is 48.6 Å². The van der Waals surface area contributed by atoms with Crippen LogP contribution in [0.2, 0.25) is 30.7 Å². The first-order valence-corrected chi connectivity index (χ1v) is 18.6. The van der Waals surface area contributed by atoms with Gasteiger partial charge in [-0.25, -0.2) is 23.5 Å². The third-order valence-electron chi connectivity index (χ3n) is 7.92. The number of nitrogen functional groups attached to an aromatic ring is 1. The van der Waals surface area contributed by atoms with Crippen LogP contribution in [0.4, 0.5) is 14.5 Å². The zero-order valence-corrected chi connectivity index (χ0v) is 26.9. The van der Waals surface area contributed by atoms with E-state index in [9.17, 15) is 18.8 Å². The summed E-state index contributed by atoms with van der Waals surface area (Å²) in [7, 11) is -1.28. The van der Waals surface area contributed by atoms with Crippen molar-refractivity contribution < 1.29 is 32.6 Å². The lowest BCUT2D eigenvalue weighted by molar-refractivity contribution is -0.152. The Morgan fingerprint density at radius 1 is 1.11 bits per heavy atom. The zero-order chi connectivity index (χ0) is 32.5. The maximum absolute atomic E-state index is 15.6. The number of ether oxygens (including phenoxy) is 2. The lowest BCUT2D eigenvalue weighted by Gasteiger charge is -2.33. The summed E-state index contributed by atoms with van der Waals surface area (Å²) in [6.07, 6.45) is 6.66. The van der Waals surface area contributed by atoms with Crippen LogP contribution >= 0.6 is 11.6 Å². The molecule has 1 amide bonds. The molecular weight excluding hydrogens is 624 g/mol. The highest BCUT2D eigenvalue weighted by molar-refractivity contribution is 6.76. The summed E-state index contributed by atoms with van der Waals surface area (Å²) in [5, 5.41) is -0.114. The van der Waals surface area contributed by atoms with Crippen LogP contribution in [0.5, 0.6) is 0 Å². The van der Waals surface area contributed by atoms with Gasteiger partial charge in [0.1, 0.15) is 18.5 Å². The number of benzene rings is 1. The van der Waals surface area contributed by atoms with Crippen LogP contribution in [0.15, 0.2) is 42.9 Å². The standard InChI is InChI=1S/C31H34ClF2N5O5Si/c1-45(2,3)13-12-43-17-38-11-10-37-30(38)29-27(33)20(8-9-36-29)24(40)16-44-31(42)23-7-4-19-14-18(15-25(41)39(19)23)26-22(35)6-5-21(32)28(26)34/h5-6,8-11,15,19,23H,4,7,12-14,16-17,35H2,1-3H3/t19?,23-/m0/s1. The third-order valence-corrected chi connectivity index (χ3v) is 9.92. The number of Topliss-reactive ketones (excluding diaryl/α,β-unsaturated/α-hetero) is 1. The van der Waals surface area contributed by atoms with Gasteiger partial charge < -0.3 is 24.7 Å². The molecule has 2 aliphatic heterocycles. The Morgan fingerprint density at radius 3 is 2.64 bits per heavy atom. The molecule has 1 saturated heterocycles. The quantitative estimate of drug-likeness (QED) is 0.0961. The number of carbonyl (C=O) groups is 3. The van der Waals surface area contributed by atoms with E-state index < -0.39 is 56.1 Å². The number of rotatable bonds is 11. The first-order chi connectivity index (χ1) is 21.4. The summed E-state index contributed by atoms with van der Waals surface area (Å²) in [5.41, 5.74) is 6.15. The smallest absolute Gasteiger partial charge is 0.329 e. The van der Waals surface area contributed by atoms with Crippen molar-refractivity contribution in [1.82, 2.24) is 19.4 Å². The minimum atomic E-state index is -1.28. The summed E-state index contributed by atoms with van der Waals surface area (Å²) in [5.74, 6) is -3.48. The second kappa shape index (κ2) is 13.2. The first-order valence-electron chi connectivity index (χ1n) is 14.6. The molecule has 2 N–H and O–H groups in total. The van der Waals surface area contributed by atoms with Gasteiger partial charge >= 0.3 is 5.97 Å². The SMILES string of the molecule is C[Si](C)(C)CCOCn1ccnc1-c1nccc(C(=O)COC(=O)[C@@H]2CCC3CC(c4c(N)ccc(Cl)c4F)=CC(=O)N32)c1F. The predicted molar refractivity (Wildman–Crippen MR) is 167 cm³/mol. The third kappa shape index (κ3) is 7.00. The van der Waals surface area contributed by atoms with Gasteiger partial charge in [0.2, 0.25) is 11.7 Å². The van der Waals surface area contributed by atoms with Crippen LogP contribution in [0.3, 0.4) is 0 Å². The van der Waals surface area contributed by atoms with Gasteiger partial charge in [-0.15, -0.1) is 0 Å². The molecule has 10 nitrogen and oxygen atoms in total. The minimum absolute atomic E-state index is 0.0721. The second-order valence-corrected chi connectivity index (χ2v) is 18.3. The highest BCUT2D eigenvalue weighted by Crippen LogP contribution is 2.40. The average Bonchev–Trinajstić information content (AvgIpc) is 3.63. The lowest BCUT2D eigenvalue weighted by atomic mass is 9.92. The Hall–Kier alpha value is -3.94. The molecule has 0 saturated carbocycles. The van der Waals surface area contributed by atoms with Crippen LogP contribution in [0, 0.1) is 11.6 Å². The second-order valence-electron chi connectivity index (χ2n) is 12.3. The van der Waals surface area contributed by atoms with Gasteiger partial charge in [0.25, 0.3) is 0 Å². The molecule has 238 valence electrons. The number of carbonyl (C=O) groups excluding carboxylic acids is 3. The van der Waals surface area contributed by atoms with Gasteiger partial charge in [-0.2, -0.15) is 0 Å². The molecule has 0 aliphatic carbocycles. The summed E-state index contributed by atoms with van der Waals surface area (Å²) in [6, 6.07) is 3.65. The number of esters is 1. The minimum Gasteiger partial charge on any atom is -0.456 e. The van der Waals surface area contributed by atoms with Gasteiger partial charge in [0.05, 0.1) is 10.6 Å². The number of anilines is 1. The van der Waals surface area contributed by atoms with Crippen LogP contribution in [0.1, 0.15) is 35.2 Å². The molecule has 0 spiro atoms. The van der Waals surface area contributed by atoms with Crippen LogP contribution in [-0.2, 0) is 25.8 Å². The molecule has 1 fully saturated rings. The summed E-state index contributed by atoms with van der Waals surface area (Å²) in [6.45, 7) is 6.70. The number of fused-ring (bicyclic) bond motifs is 1. The maximum Gasteiger partial charge on any atom is 0.329 e. The molecule has 14 heteroatoms. The Bertz CT molecular complexity index is 1670. The normalized spacial score (nSPS) is 18.1. The van der Waals surface area contributed by atoms with Crippen molar-refractivity contribution in [3.05, 3.63) is 70.6 Å². The van der Waals surface area contributed by atoms with E-state index in [-0.39, 0.29) is 52.9 Å². The van der Waals surface area contributed by atoms with E-state index in [1.165, 1.54) is 41.6 Å². The van der Waals surface area contributed by atoms with Crippen molar-refractivity contribution in [2.24, 2.45) is 0 Å². The van der Waals surface area contributed by atoms with Crippen molar-refractivity contribution in [2.45, 2.75) is 63.8 Å². The van der Waals surface area contributed by atoms with Crippen molar-refractivity contribution in [2.75, 3.05) is 18.9 Å². The predicted octanol–water partition coefficient (Wildman–Crippen LogP) is 5.34. The van der Waals surface area contributed by atoms with Crippen LogP contribution < -0.4 is 5.73 Å². The number of ketones is 1. The number of nitrogens with zero attached hydrogens (tertiary/aromatic N) is 4.